The molecule has 0 radical (unpaired) electrons. The van der Waals surface area contributed by atoms with E-state index in [1.807, 2.05) is 0 Å². The van der Waals surface area contributed by atoms with Crippen molar-refractivity contribution in [2.24, 2.45) is 0 Å². The highest BCUT2D eigenvalue weighted by molar-refractivity contribution is 7.92. The molecule has 0 bridgehead atoms. The van der Waals surface area contributed by atoms with Crippen molar-refractivity contribution in [2.45, 2.75) is 12.7 Å². The van der Waals surface area contributed by atoms with Gasteiger partial charge in [-0.15, -0.1) is 0 Å². The van der Waals surface area contributed by atoms with Gasteiger partial charge in [-0.1, -0.05) is 24.3 Å². The average molecular weight is 398 g/mol. The van der Waals surface area contributed by atoms with Crippen LogP contribution >= 0.6 is 0 Å². The second-order valence-electron chi connectivity index (χ2n) is 5.74. The predicted octanol–water partition coefficient (Wildman–Crippen LogP) is 3.41. The summed E-state index contributed by atoms with van der Waals surface area (Å²) in [5.41, 5.74) is 0.882. The van der Waals surface area contributed by atoms with E-state index in [-0.39, 0.29) is 6.54 Å². The van der Waals surface area contributed by atoms with Gasteiger partial charge in [0.2, 0.25) is 15.9 Å². The van der Waals surface area contributed by atoms with Crippen molar-refractivity contribution in [2.75, 3.05) is 11.0 Å². The van der Waals surface area contributed by atoms with Gasteiger partial charge in [0.05, 0.1) is 11.8 Å². The number of alkyl halides is 3. The highest BCUT2D eigenvalue weighted by Crippen LogP contribution is 2.29. The Labute approximate surface area is 155 Å². The van der Waals surface area contributed by atoms with E-state index in [2.05, 4.69) is 10.0 Å². The molecule has 9 heteroatoms. The fourth-order valence-electron chi connectivity index (χ4n) is 2.11. The largest absolute Gasteiger partial charge is 0.416 e. The third kappa shape index (κ3) is 7.14. The minimum absolute atomic E-state index is 0.0958. The smallest absolute Gasteiger partial charge is 0.348 e. The Morgan fingerprint density at radius 1 is 1.04 bits per heavy atom. The molecule has 0 unspecified atom stereocenters. The lowest BCUT2D eigenvalue weighted by Gasteiger charge is -2.08. The summed E-state index contributed by atoms with van der Waals surface area (Å²) in [6, 6.07) is 10.9. The van der Waals surface area contributed by atoms with Crippen molar-refractivity contribution in [3.8, 4) is 0 Å². The molecule has 2 N–H and O–H groups in total. The van der Waals surface area contributed by atoms with Gasteiger partial charge < -0.3 is 5.32 Å². The molecule has 0 saturated carbocycles. The lowest BCUT2D eigenvalue weighted by molar-refractivity contribution is -0.137. The van der Waals surface area contributed by atoms with E-state index >= 15 is 0 Å². The van der Waals surface area contributed by atoms with Gasteiger partial charge in [-0.2, -0.15) is 13.2 Å². The Kier molecular flexibility index (Phi) is 6.27. The minimum Gasteiger partial charge on any atom is -0.348 e. The molecule has 5 nitrogen and oxygen atoms in total. The molecule has 2 rings (SSSR count). The van der Waals surface area contributed by atoms with E-state index in [1.54, 1.807) is 24.3 Å². The monoisotopic (exact) mass is 398 g/mol. The van der Waals surface area contributed by atoms with E-state index < -0.39 is 27.7 Å². The Morgan fingerprint density at radius 2 is 1.63 bits per heavy atom. The number of benzene rings is 2. The highest BCUT2D eigenvalue weighted by Gasteiger charge is 2.29. The van der Waals surface area contributed by atoms with Crippen LogP contribution in [0.4, 0.5) is 18.9 Å². The quantitative estimate of drug-likeness (QED) is 0.733. The number of rotatable bonds is 6. The minimum atomic E-state index is -4.39. The maximum Gasteiger partial charge on any atom is 0.416 e. The molecule has 0 aliphatic carbocycles. The van der Waals surface area contributed by atoms with Crippen LogP contribution in [-0.4, -0.2) is 20.6 Å². The predicted molar refractivity (Wildman–Crippen MR) is 97.2 cm³/mol. The first kappa shape index (κ1) is 20.5. The molecule has 2 aromatic carbocycles. The van der Waals surface area contributed by atoms with Crippen molar-refractivity contribution in [1.82, 2.24) is 5.32 Å². The molecule has 2 aromatic rings. The summed E-state index contributed by atoms with van der Waals surface area (Å²) in [6.45, 7) is 0.0958. The van der Waals surface area contributed by atoms with Gasteiger partial charge in [0.25, 0.3) is 0 Å². The number of hydrogen-bond donors (Lipinski definition) is 2. The summed E-state index contributed by atoms with van der Waals surface area (Å²) in [5, 5.41) is 2.57. The zero-order valence-electron chi connectivity index (χ0n) is 14.2. The number of carbonyl (C=O) groups excluding carboxylic acids is 1. The summed E-state index contributed by atoms with van der Waals surface area (Å²) >= 11 is 0. The van der Waals surface area contributed by atoms with Crippen molar-refractivity contribution < 1.29 is 26.4 Å². The van der Waals surface area contributed by atoms with Crippen LogP contribution in [0.25, 0.3) is 6.08 Å². The molecule has 0 atom stereocenters. The van der Waals surface area contributed by atoms with E-state index in [4.69, 9.17) is 0 Å². The number of sulfonamides is 1. The average Bonchev–Trinajstić information content (AvgIpc) is 2.57. The Balaban J connectivity index is 1.88. The molecular weight excluding hydrogens is 381 g/mol. The number of amides is 1. The van der Waals surface area contributed by atoms with E-state index in [1.165, 1.54) is 24.3 Å². The third-order valence-corrected chi connectivity index (χ3v) is 4.00. The SMILES string of the molecule is CS(=O)(=O)Nc1ccc(/C=C/C(=O)NCc2ccc(C(F)(F)F)cc2)cc1. The number of nitrogens with one attached hydrogen (secondary N) is 2. The lowest BCUT2D eigenvalue weighted by atomic mass is 10.1. The van der Waals surface area contributed by atoms with Crippen LogP contribution in [-0.2, 0) is 27.5 Å². The van der Waals surface area contributed by atoms with Crippen LogP contribution in [0.3, 0.4) is 0 Å². The molecule has 0 spiro atoms. The molecule has 0 aromatic heterocycles. The molecule has 144 valence electrons. The Bertz CT molecular complexity index is 920. The topological polar surface area (TPSA) is 75.3 Å². The molecule has 0 heterocycles. The molecule has 0 aliphatic heterocycles. The number of anilines is 1. The Morgan fingerprint density at radius 3 is 2.15 bits per heavy atom. The fourth-order valence-corrected chi connectivity index (χ4v) is 2.67. The summed E-state index contributed by atoms with van der Waals surface area (Å²) in [4.78, 5) is 11.8. The van der Waals surface area contributed by atoms with E-state index in [9.17, 15) is 26.4 Å². The molecule has 0 saturated heterocycles. The van der Waals surface area contributed by atoms with Crippen molar-refractivity contribution in [3.63, 3.8) is 0 Å². The van der Waals surface area contributed by atoms with Gasteiger partial charge in [-0.25, -0.2) is 8.42 Å². The highest BCUT2D eigenvalue weighted by atomic mass is 32.2. The molecule has 1 amide bonds. The van der Waals surface area contributed by atoms with Crippen LogP contribution in [0.2, 0.25) is 0 Å². The van der Waals surface area contributed by atoms with Crippen LogP contribution < -0.4 is 10.0 Å². The molecular formula is C18H17F3N2O3S. The van der Waals surface area contributed by atoms with Gasteiger partial charge in [0, 0.05) is 18.3 Å². The van der Waals surface area contributed by atoms with Crippen LogP contribution in [0.5, 0.6) is 0 Å². The van der Waals surface area contributed by atoms with Gasteiger partial charge >= 0.3 is 6.18 Å². The summed E-state index contributed by atoms with van der Waals surface area (Å²) in [7, 11) is -3.35. The molecule has 0 fully saturated rings. The maximum atomic E-state index is 12.5. The van der Waals surface area contributed by atoms with Crippen molar-refractivity contribution in [1.29, 1.82) is 0 Å². The first-order chi connectivity index (χ1) is 12.5. The number of carbonyl (C=O) groups is 1. The zero-order chi connectivity index (χ0) is 20.1. The zero-order valence-corrected chi connectivity index (χ0v) is 15.1. The second-order valence-corrected chi connectivity index (χ2v) is 7.49. The summed E-state index contributed by atoms with van der Waals surface area (Å²) < 4.78 is 62.0. The van der Waals surface area contributed by atoms with Gasteiger partial charge in [-0.05, 0) is 41.5 Å². The summed E-state index contributed by atoms with van der Waals surface area (Å²) in [6.07, 6.45) is -0.534. The van der Waals surface area contributed by atoms with E-state index in [0.29, 0.717) is 16.8 Å². The normalized spacial score (nSPS) is 12.1. The van der Waals surface area contributed by atoms with Crippen molar-refractivity contribution >= 4 is 27.7 Å². The van der Waals surface area contributed by atoms with Crippen molar-refractivity contribution in [3.05, 3.63) is 71.3 Å². The van der Waals surface area contributed by atoms with Gasteiger partial charge in [0.15, 0.2) is 0 Å². The van der Waals surface area contributed by atoms with E-state index in [0.717, 1.165) is 18.4 Å². The third-order valence-electron chi connectivity index (χ3n) is 3.39. The fraction of sp³-hybridized carbons (Fsp3) is 0.167. The van der Waals surface area contributed by atoms with Gasteiger partial charge in [0.1, 0.15) is 0 Å². The maximum absolute atomic E-state index is 12.5. The van der Waals surface area contributed by atoms with Crippen LogP contribution in [0, 0.1) is 0 Å². The van der Waals surface area contributed by atoms with Crippen LogP contribution in [0.1, 0.15) is 16.7 Å². The number of hydrogen-bond acceptors (Lipinski definition) is 3. The first-order valence-corrected chi connectivity index (χ1v) is 9.62. The lowest BCUT2D eigenvalue weighted by Crippen LogP contribution is -2.20. The van der Waals surface area contributed by atoms with Gasteiger partial charge in [-0.3, -0.25) is 9.52 Å². The second kappa shape index (κ2) is 8.26. The standard InChI is InChI=1S/C18H17F3N2O3S/c1-27(25,26)23-16-9-4-13(5-10-16)6-11-17(24)22-12-14-2-7-15(8-3-14)18(19,20)21/h2-11,23H,12H2,1H3,(H,22,24)/b11-6+. The Hall–Kier alpha value is -2.81. The molecule has 0 aliphatic rings. The first-order valence-electron chi connectivity index (χ1n) is 7.73. The number of halogens is 3. The molecule has 27 heavy (non-hydrogen) atoms. The van der Waals surface area contributed by atoms with Crippen LogP contribution in [0.15, 0.2) is 54.6 Å². The summed E-state index contributed by atoms with van der Waals surface area (Å²) in [5.74, 6) is -0.409.